The Morgan fingerprint density at radius 3 is 2.62 bits per heavy atom. The van der Waals surface area contributed by atoms with Crippen LogP contribution >= 0.6 is 0 Å². The van der Waals surface area contributed by atoms with Crippen molar-refractivity contribution in [3.05, 3.63) is 16.4 Å². The van der Waals surface area contributed by atoms with E-state index < -0.39 is 11.8 Å². The first kappa shape index (κ1) is 10.7. The molecule has 0 bridgehead atoms. The minimum Gasteiger partial charge on any atom is -0.465 e. The van der Waals surface area contributed by atoms with Crippen LogP contribution in [0.2, 0.25) is 0 Å². The van der Waals surface area contributed by atoms with Gasteiger partial charge in [0, 0.05) is 12.0 Å². The molecule has 7 nitrogen and oxygen atoms in total. The fraction of sp³-hybridized carbons (Fsp3) is 0.667. The van der Waals surface area contributed by atoms with E-state index in [4.69, 9.17) is 9.52 Å². The summed E-state index contributed by atoms with van der Waals surface area (Å²) in [5, 5.41) is 17.0. The highest BCUT2D eigenvalue weighted by molar-refractivity contribution is 5.64. The Bertz CT molecular complexity index is 416. The number of amides is 1. The van der Waals surface area contributed by atoms with E-state index in [0.29, 0.717) is 5.89 Å². The summed E-state index contributed by atoms with van der Waals surface area (Å²) in [6, 6.07) is -0.000543. The van der Waals surface area contributed by atoms with Gasteiger partial charge in [-0.25, -0.2) is 14.7 Å². The lowest BCUT2D eigenvalue weighted by Crippen LogP contribution is -2.36. The molecule has 0 unspecified atom stereocenters. The predicted molar refractivity (Wildman–Crippen MR) is 53.3 cm³/mol. The maximum absolute atomic E-state index is 10.8. The molecule has 1 aliphatic rings. The van der Waals surface area contributed by atoms with Crippen LogP contribution in [0.15, 0.2) is 9.21 Å². The normalized spacial score (nSPS) is 25.2. The van der Waals surface area contributed by atoms with Crippen LogP contribution in [-0.2, 0) is 0 Å². The minimum atomic E-state index is -0.991. The Morgan fingerprint density at radius 2 is 2.12 bits per heavy atom. The van der Waals surface area contributed by atoms with Crippen molar-refractivity contribution in [2.75, 3.05) is 0 Å². The molecule has 1 amide bonds. The maximum Gasteiger partial charge on any atom is 0.434 e. The summed E-state index contributed by atoms with van der Waals surface area (Å²) >= 11 is 0. The monoisotopic (exact) mass is 227 g/mol. The summed E-state index contributed by atoms with van der Waals surface area (Å²) in [4.78, 5) is 21.2. The lowest BCUT2D eigenvalue weighted by molar-refractivity contribution is 0.184. The van der Waals surface area contributed by atoms with E-state index in [1.807, 2.05) is 0 Å². The van der Waals surface area contributed by atoms with Crippen LogP contribution in [0.1, 0.15) is 37.5 Å². The van der Waals surface area contributed by atoms with Gasteiger partial charge in [-0.2, -0.15) is 0 Å². The van der Waals surface area contributed by atoms with Gasteiger partial charge in [-0.05, 0) is 25.7 Å². The molecule has 0 atom stereocenters. The fourth-order valence-corrected chi connectivity index (χ4v) is 2.08. The molecular formula is C9H13N3O4. The quantitative estimate of drug-likeness (QED) is 0.687. The van der Waals surface area contributed by atoms with Crippen molar-refractivity contribution in [3.63, 3.8) is 0 Å². The summed E-state index contributed by atoms with van der Waals surface area (Å²) in [6.45, 7) is 0. The smallest absolute Gasteiger partial charge is 0.434 e. The van der Waals surface area contributed by atoms with Gasteiger partial charge in [0.25, 0.3) is 0 Å². The zero-order valence-electron chi connectivity index (χ0n) is 8.60. The Hall–Kier alpha value is -1.79. The second-order valence-corrected chi connectivity index (χ2v) is 3.95. The lowest BCUT2D eigenvalue weighted by atomic mass is 9.86. The van der Waals surface area contributed by atoms with E-state index in [-0.39, 0.29) is 12.0 Å². The second-order valence-electron chi connectivity index (χ2n) is 3.95. The number of aromatic nitrogens is 2. The molecule has 0 aliphatic heterocycles. The number of aromatic amines is 1. The van der Waals surface area contributed by atoms with Gasteiger partial charge in [0.05, 0.1) is 0 Å². The van der Waals surface area contributed by atoms with E-state index in [1.54, 1.807) is 0 Å². The number of nitrogens with zero attached hydrogens (tertiary/aromatic N) is 1. The molecule has 2 rings (SSSR count). The number of carboxylic acid groups (broad SMARTS) is 1. The number of carbonyl (C=O) groups is 1. The number of rotatable bonds is 2. The first-order valence-corrected chi connectivity index (χ1v) is 5.20. The number of nitrogens with one attached hydrogen (secondary N) is 2. The molecule has 0 aromatic carbocycles. The van der Waals surface area contributed by atoms with Gasteiger partial charge >= 0.3 is 11.8 Å². The molecule has 0 saturated heterocycles. The molecule has 3 N–H and O–H groups in total. The average molecular weight is 227 g/mol. The molecule has 1 aliphatic carbocycles. The number of hydrogen-bond donors (Lipinski definition) is 3. The highest BCUT2D eigenvalue weighted by Crippen LogP contribution is 2.31. The zero-order chi connectivity index (χ0) is 11.5. The van der Waals surface area contributed by atoms with Gasteiger partial charge in [0.15, 0.2) is 0 Å². The molecule has 16 heavy (non-hydrogen) atoms. The van der Waals surface area contributed by atoms with Crippen molar-refractivity contribution in [1.29, 1.82) is 0 Å². The zero-order valence-corrected chi connectivity index (χ0v) is 8.60. The SMILES string of the molecule is O=C(O)NC1CCC(c2n[nH]c(=O)o2)CC1. The van der Waals surface area contributed by atoms with Crippen molar-refractivity contribution < 1.29 is 14.3 Å². The third-order valence-electron chi connectivity index (χ3n) is 2.86. The van der Waals surface area contributed by atoms with Gasteiger partial charge in [-0.1, -0.05) is 0 Å². The van der Waals surface area contributed by atoms with Gasteiger partial charge in [-0.3, -0.25) is 0 Å². The maximum atomic E-state index is 10.8. The minimum absolute atomic E-state index is 0.000543. The highest BCUT2D eigenvalue weighted by atomic mass is 16.4. The van der Waals surface area contributed by atoms with Gasteiger partial charge in [-0.15, -0.1) is 5.10 Å². The fourth-order valence-electron chi connectivity index (χ4n) is 2.08. The summed E-state index contributed by atoms with van der Waals surface area (Å²) in [7, 11) is 0. The van der Waals surface area contributed by atoms with E-state index in [9.17, 15) is 9.59 Å². The number of H-pyrrole nitrogens is 1. The van der Waals surface area contributed by atoms with Crippen molar-refractivity contribution in [1.82, 2.24) is 15.5 Å². The van der Waals surface area contributed by atoms with Crippen molar-refractivity contribution in [2.24, 2.45) is 0 Å². The third kappa shape index (κ3) is 2.41. The van der Waals surface area contributed by atoms with Crippen LogP contribution in [0.25, 0.3) is 0 Å². The summed E-state index contributed by atoms with van der Waals surface area (Å²) in [5.74, 6) is 0.00496. The molecule has 0 radical (unpaired) electrons. The highest BCUT2D eigenvalue weighted by Gasteiger charge is 2.26. The first-order valence-electron chi connectivity index (χ1n) is 5.20. The van der Waals surface area contributed by atoms with Crippen LogP contribution in [-0.4, -0.2) is 27.4 Å². The van der Waals surface area contributed by atoms with Crippen LogP contribution in [0.5, 0.6) is 0 Å². The molecule has 1 heterocycles. The molecular weight excluding hydrogens is 214 g/mol. The largest absolute Gasteiger partial charge is 0.465 e. The standard InChI is InChI=1S/C9H13N3O4/c13-8(14)10-6-3-1-5(2-4-6)7-11-12-9(15)16-7/h5-6,10H,1-4H2,(H,12,15)(H,13,14). The Kier molecular flexibility index (Phi) is 2.93. The van der Waals surface area contributed by atoms with Crippen molar-refractivity contribution >= 4 is 6.09 Å². The van der Waals surface area contributed by atoms with Crippen molar-refractivity contribution in [3.8, 4) is 0 Å². The molecule has 1 aromatic heterocycles. The summed E-state index contributed by atoms with van der Waals surface area (Å²) < 4.78 is 4.88. The molecule has 0 spiro atoms. The Morgan fingerprint density at radius 1 is 1.44 bits per heavy atom. The van der Waals surface area contributed by atoms with E-state index in [2.05, 4.69) is 15.5 Å². The molecule has 1 fully saturated rings. The predicted octanol–water partition coefficient (Wildman–Crippen LogP) is 0.657. The van der Waals surface area contributed by atoms with E-state index >= 15 is 0 Å². The van der Waals surface area contributed by atoms with Gasteiger partial charge in [0.2, 0.25) is 5.89 Å². The van der Waals surface area contributed by atoms with E-state index in [0.717, 1.165) is 25.7 Å². The van der Waals surface area contributed by atoms with Crippen LogP contribution in [0.3, 0.4) is 0 Å². The van der Waals surface area contributed by atoms with E-state index in [1.165, 1.54) is 0 Å². The summed E-state index contributed by atoms with van der Waals surface area (Å²) in [5.41, 5.74) is 0. The van der Waals surface area contributed by atoms with Crippen LogP contribution in [0, 0.1) is 0 Å². The number of hydrogen-bond acceptors (Lipinski definition) is 4. The first-order chi connectivity index (χ1) is 7.65. The summed E-state index contributed by atoms with van der Waals surface area (Å²) in [6.07, 6.45) is 2.05. The van der Waals surface area contributed by atoms with Gasteiger partial charge in [0.1, 0.15) is 0 Å². The van der Waals surface area contributed by atoms with Crippen molar-refractivity contribution in [2.45, 2.75) is 37.6 Å². The Labute approximate surface area is 90.8 Å². The molecule has 1 saturated carbocycles. The van der Waals surface area contributed by atoms with Crippen LogP contribution in [0.4, 0.5) is 4.79 Å². The molecule has 88 valence electrons. The topological polar surface area (TPSA) is 108 Å². The molecule has 1 aromatic rings. The lowest BCUT2D eigenvalue weighted by Gasteiger charge is -2.25. The Balaban J connectivity index is 1.90. The third-order valence-corrected chi connectivity index (χ3v) is 2.86. The van der Waals surface area contributed by atoms with Crippen LogP contribution < -0.4 is 11.1 Å². The molecule has 7 heteroatoms. The van der Waals surface area contributed by atoms with Gasteiger partial charge < -0.3 is 14.8 Å². The second kappa shape index (κ2) is 4.38. The average Bonchev–Trinajstić information content (AvgIpc) is 2.65.